The summed E-state index contributed by atoms with van der Waals surface area (Å²) in [5.74, 6) is 0. The van der Waals surface area contributed by atoms with E-state index in [0.29, 0.717) is 13.2 Å². The van der Waals surface area contributed by atoms with Gasteiger partial charge in [0, 0.05) is 26.2 Å². The highest BCUT2D eigenvalue weighted by Gasteiger charge is 2.12. The van der Waals surface area contributed by atoms with Gasteiger partial charge in [-0.25, -0.2) is 0 Å². The van der Waals surface area contributed by atoms with Gasteiger partial charge >= 0.3 is 0 Å². The number of piperazine rings is 1. The van der Waals surface area contributed by atoms with Crippen molar-refractivity contribution in [1.82, 2.24) is 15.1 Å². The van der Waals surface area contributed by atoms with Gasteiger partial charge in [0.2, 0.25) is 0 Å². The molecule has 1 heterocycles. The lowest BCUT2D eigenvalue weighted by Crippen LogP contribution is -2.45. The highest BCUT2D eigenvalue weighted by Crippen LogP contribution is 1.99. The van der Waals surface area contributed by atoms with Crippen LogP contribution >= 0.6 is 0 Å². The predicted octanol–water partition coefficient (Wildman–Crippen LogP) is -0.656. The largest absolute Gasteiger partial charge is 0.452 e. The Bertz CT molecular complexity index is 170. The van der Waals surface area contributed by atoms with Gasteiger partial charge in [0.05, 0.1) is 0 Å². The van der Waals surface area contributed by atoms with Crippen LogP contribution in [0.3, 0.4) is 0 Å². The Balaban J connectivity index is 1.89. The predicted molar refractivity (Wildman–Crippen MR) is 58.6 cm³/mol. The number of rotatable bonds is 7. The quantitative estimate of drug-likeness (QED) is 0.347. The summed E-state index contributed by atoms with van der Waals surface area (Å²) in [4.78, 5) is 14.7. The molecule has 1 aliphatic rings. The number of nitrogens with zero attached hydrogens (tertiary/aromatic N) is 2. The average molecular weight is 215 g/mol. The molecule has 0 amide bonds. The first-order valence-corrected chi connectivity index (χ1v) is 5.50. The molecule has 1 rings (SSSR count). The van der Waals surface area contributed by atoms with Crippen molar-refractivity contribution in [3.63, 3.8) is 0 Å². The van der Waals surface area contributed by atoms with Crippen molar-refractivity contribution in [2.24, 2.45) is 0 Å². The Hall–Kier alpha value is -0.650. The first kappa shape index (κ1) is 12.4. The molecule has 0 radical (unpaired) electrons. The van der Waals surface area contributed by atoms with Gasteiger partial charge in [-0.05, 0) is 26.6 Å². The average Bonchev–Trinajstić information content (AvgIpc) is 2.26. The van der Waals surface area contributed by atoms with Crippen LogP contribution < -0.4 is 5.32 Å². The summed E-state index contributed by atoms with van der Waals surface area (Å²) in [6, 6.07) is 0. The molecule has 5 nitrogen and oxygen atoms in total. The van der Waals surface area contributed by atoms with Crippen LogP contribution in [0.4, 0.5) is 0 Å². The third kappa shape index (κ3) is 5.71. The van der Waals surface area contributed by atoms with Crippen molar-refractivity contribution in [3.8, 4) is 0 Å². The SMILES string of the molecule is CN1CCN(CCCNCOC=O)CC1. The van der Waals surface area contributed by atoms with Gasteiger partial charge in [-0.1, -0.05) is 0 Å². The Morgan fingerprint density at radius 2 is 2.07 bits per heavy atom. The highest BCUT2D eigenvalue weighted by atomic mass is 16.5. The summed E-state index contributed by atoms with van der Waals surface area (Å²) in [6.07, 6.45) is 1.10. The second-order valence-electron chi connectivity index (χ2n) is 3.91. The fourth-order valence-corrected chi connectivity index (χ4v) is 1.66. The van der Waals surface area contributed by atoms with Crippen LogP contribution in [0, 0.1) is 0 Å². The van der Waals surface area contributed by atoms with Crippen LogP contribution in [0.25, 0.3) is 0 Å². The van der Waals surface area contributed by atoms with Crippen molar-refractivity contribution in [2.45, 2.75) is 6.42 Å². The molecule has 1 aliphatic heterocycles. The molecule has 0 spiro atoms. The molecule has 1 saturated heterocycles. The molecule has 0 aromatic rings. The Labute approximate surface area is 91.4 Å². The number of carbonyl (C=O) groups is 1. The third-order valence-electron chi connectivity index (χ3n) is 2.68. The number of hydrogen-bond donors (Lipinski definition) is 1. The van der Waals surface area contributed by atoms with Gasteiger partial charge in [-0.15, -0.1) is 0 Å². The normalized spacial score (nSPS) is 19.0. The number of ether oxygens (including phenoxy) is 1. The van der Waals surface area contributed by atoms with E-state index in [9.17, 15) is 4.79 Å². The minimum Gasteiger partial charge on any atom is -0.452 e. The summed E-state index contributed by atoms with van der Waals surface area (Å²) in [6.45, 7) is 7.49. The lowest BCUT2D eigenvalue weighted by molar-refractivity contribution is -0.129. The zero-order valence-electron chi connectivity index (χ0n) is 9.45. The van der Waals surface area contributed by atoms with Gasteiger partial charge in [0.1, 0.15) is 6.73 Å². The smallest absolute Gasteiger partial charge is 0.294 e. The molecule has 0 aliphatic carbocycles. The van der Waals surface area contributed by atoms with Crippen molar-refractivity contribution >= 4 is 6.47 Å². The van der Waals surface area contributed by atoms with Crippen LogP contribution in [0.2, 0.25) is 0 Å². The zero-order valence-corrected chi connectivity index (χ0v) is 9.45. The Morgan fingerprint density at radius 1 is 1.33 bits per heavy atom. The lowest BCUT2D eigenvalue weighted by atomic mass is 10.3. The third-order valence-corrected chi connectivity index (χ3v) is 2.68. The number of hydrogen-bond acceptors (Lipinski definition) is 5. The molecule has 5 heteroatoms. The maximum Gasteiger partial charge on any atom is 0.294 e. The molecule has 0 unspecified atom stereocenters. The maximum atomic E-state index is 9.84. The zero-order chi connectivity index (χ0) is 10.9. The Kier molecular flexibility index (Phi) is 6.31. The molecule has 1 N–H and O–H groups in total. The first-order chi connectivity index (χ1) is 7.33. The molecule has 15 heavy (non-hydrogen) atoms. The van der Waals surface area contributed by atoms with E-state index >= 15 is 0 Å². The summed E-state index contributed by atoms with van der Waals surface area (Å²) >= 11 is 0. The van der Waals surface area contributed by atoms with Crippen LogP contribution in [0.5, 0.6) is 0 Å². The topological polar surface area (TPSA) is 44.8 Å². The maximum absolute atomic E-state index is 9.84. The fourth-order valence-electron chi connectivity index (χ4n) is 1.66. The molecule has 1 fully saturated rings. The monoisotopic (exact) mass is 215 g/mol. The van der Waals surface area contributed by atoms with Gasteiger partial charge in [-0.2, -0.15) is 0 Å². The van der Waals surface area contributed by atoms with E-state index in [-0.39, 0.29) is 0 Å². The Morgan fingerprint density at radius 3 is 2.73 bits per heavy atom. The van der Waals surface area contributed by atoms with Gasteiger partial charge < -0.3 is 14.5 Å². The van der Waals surface area contributed by atoms with Crippen molar-refractivity contribution in [2.75, 3.05) is 53.0 Å². The van der Waals surface area contributed by atoms with E-state index in [1.807, 2.05) is 0 Å². The molecule has 88 valence electrons. The molecule has 0 aromatic heterocycles. The molecular formula is C10H21N3O2. The van der Waals surface area contributed by atoms with Crippen LogP contribution in [-0.2, 0) is 9.53 Å². The minimum atomic E-state index is 0.326. The molecule has 0 atom stereocenters. The van der Waals surface area contributed by atoms with E-state index in [1.54, 1.807) is 0 Å². The second-order valence-corrected chi connectivity index (χ2v) is 3.91. The summed E-state index contributed by atoms with van der Waals surface area (Å²) in [5.41, 5.74) is 0. The van der Waals surface area contributed by atoms with E-state index in [1.165, 1.54) is 26.2 Å². The summed E-state index contributed by atoms with van der Waals surface area (Å²) in [5, 5.41) is 3.04. The van der Waals surface area contributed by atoms with Gasteiger partial charge in [0.25, 0.3) is 6.47 Å². The van der Waals surface area contributed by atoms with Gasteiger partial charge in [0.15, 0.2) is 0 Å². The standard InChI is InChI=1S/C10H21N3O2/c1-12-5-7-13(8-6-12)4-2-3-11-9-15-10-14/h10-11H,2-9H2,1H3. The van der Waals surface area contributed by atoms with Gasteiger partial charge in [-0.3, -0.25) is 10.1 Å². The van der Waals surface area contributed by atoms with Crippen LogP contribution in [0.15, 0.2) is 0 Å². The molecule has 0 saturated carbocycles. The van der Waals surface area contributed by atoms with Crippen molar-refractivity contribution < 1.29 is 9.53 Å². The summed E-state index contributed by atoms with van der Waals surface area (Å²) in [7, 11) is 2.16. The first-order valence-electron chi connectivity index (χ1n) is 5.50. The molecule has 0 aromatic carbocycles. The number of carbonyl (C=O) groups excluding carboxylic acids is 1. The van der Waals surface area contributed by atoms with Crippen molar-refractivity contribution in [3.05, 3.63) is 0 Å². The van der Waals surface area contributed by atoms with E-state index in [0.717, 1.165) is 19.5 Å². The molecule has 0 bridgehead atoms. The van der Waals surface area contributed by atoms with Crippen molar-refractivity contribution in [1.29, 1.82) is 0 Å². The van der Waals surface area contributed by atoms with E-state index in [4.69, 9.17) is 0 Å². The van der Waals surface area contributed by atoms with Crippen LogP contribution in [0.1, 0.15) is 6.42 Å². The van der Waals surface area contributed by atoms with E-state index < -0.39 is 0 Å². The number of likely N-dealkylation sites (N-methyl/N-ethyl adjacent to an activating group) is 1. The van der Waals surface area contributed by atoms with E-state index in [2.05, 4.69) is 26.9 Å². The molecular weight excluding hydrogens is 194 g/mol. The number of nitrogens with one attached hydrogen (secondary N) is 1. The van der Waals surface area contributed by atoms with Crippen LogP contribution in [-0.4, -0.2) is 69.3 Å². The highest BCUT2D eigenvalue weighted by molar-refractivity contribution is 5.36. The summed E-state index contributed by atoms with van der Waals surface area (Å²) < 4.78 is 4.53. The lowest BCUT2D eigenvalue weighted by Gasteiger charge is -2.32. The minimum absolute atomic E-state index is 0.326. The fraction of sp³-hybridized carbons (Fsp3) is 0.900. The second kappa shape index (κ2) is 7.62.